The second kappa shape index (κ2) is 11.1. The fraction of sp³-hybridized carbons (Fsp3) is 0.480. The molecule has 180 valence electrons. The van der Waals surface area contributed by atoms with Crippen molar-refractivity contribution in [3.05, 3.63) is 65.5 Å². The van der Waals surface area contributed by atoms with E-state index in [0.717, 1.165) is 17.7 Å². The summed E-state index contributed by atoms with van der Waals surface area (Å²) in [4.78, 5) is 13.0. The van der Waals surface area contributed by atoms with Crippen molar-refractivity contribution < 1.29 is 22.3 Å². The second-order valence-corrected chi connectivity index (χ2v) is 11.0. The van der Waals surface area contributed by atoms with Gasteiger partial charge in [-0.25, -0.2) is 17.1 Å². The van der Waals surface area contributed by atoms with Crippen molar-refractivity contribution >= 4 is 15.9 Å². The van der Waals surface area contributed by atoms with Gasteiger partial charge in [0.2, 0.25) is 15.9 Å². The highest BCUT2D eigenvalue weighted by Gasteiger charge is 2.32. The first kappa shape index (κ1) is 25.2. The van der Waals surface area contributed by atoms with E-state index >= 15 is 0 Å². The lowest BCUT2D eigenvalue weighted by Gasteiger charge is -2.32. The molecule has 2 aromatic carbocycles. The molecule has 3 rings (SSSR count). The number of benzene rings is 2. The van der Waals surface area contributed by atoms with Gasteiger partial charge in [0.1, 0.15) is 11.6 Å². The highest BCUT2D eigenvalue weighted by atomic mass is 32.2. The maximum atomic E-state index is 13.9. The molecule has 1 amide bonds. The Morgan fingerprint density at radius 2 is 1.76 bits per heavy atom. The van der Waals surface area contributed by atoms with Gasteiger partial charge in [-0.2, -0.15) is 0 Å². The maximum absolute atomic E-state index is 13.9. The van der Waals surface area contributed by atoms with Crippen LogP contribution < -0.4 is 10.1 Å². The monoisotopic (exact) mass is 476 g/mol. The zero-order chi connectivity index (χ0) is 24.0. The topological polar surface area (TPSA) is 75.7 Å². The van der Waals surface area contributed by atoms with Gasteiger partial charge in [-0.05, 0) is 48.9 Å². The molecule has 1 heterocycles. The van der Waals surface area contributed by atoms with Gasteiger partial charge in [0.15, 0.2) is 0 Å². The average molecular weight is 477 g/mol. The molecule has 0 radical (unpaired) electrons. The number of ether oxygens (including phenoxy) is 1. The molecule has 33 heavy (non-hydrogen) atoms. The molecule has 1 atom stereocenters. The number of hydrogen-bond donors (Lipinski definition) is 1. The standard InChI is InChI=1S/C25H33FN2O4S/c1-18(2)16-24(19-8-10-22(32-3)11-9-19)27-25(29)20-12-14-28(15-13-20)33(30,31)17-21-6-4-5-7-23(21)26/h4-11,18,20,24H,12-17H2,1-3H3,(H,27,29)/t24-/m1/s1. The van der Waals surface area contributed by atoms with Crippen LogP contribution in [0.4, 0.5) is 4.39 Å². The van der Waals surface area contributed by atoms with Crippen LogP contribution in [0.3, 0.4) is 0 Å². The molecule has 0 spiro atoms. The number of carbonyl (C=O) groups is 1. The van der Waals surface area contributed by atoms with Crippen LogP contribution in [-0.4, -0.2) is 38.8 Å². The lowest BCUT2D eigenvalue weighted by Crippen LogP contribution is -2.44. The zero-order valence-corrected chi connectivity index (χ0v) is 20.3. The number of carbonyl (C=O) groups excluding carboxylic acids is 1. The predicted octanol–water partition coefficient (Wildman–Crippen LogP) is 4.28. The van der Waals surface area contributed by atoms with Gasteiger partial charge in [0.25, 0.3) is 0 Å². The molecule has 0 bridgehead atoms. The smallest absolute Gasteiger partial charge is 0.223 e. The summed E-state index contributed by atoms with van der Waals surface area (Å²) in [5, 5.41) is 3.18. The van der Waals surface area contributed by atoms with E-state index in [2.05, 4.69) is 19.2 Å². The van der Waals surface area contributed by atoms with Crippen molar-refractivity contribution in [1.29, 1.82) is 0 Å². The van der Waals surface area contributed by atoms with Gasteiger partial charge in [0, 0.05) is 24.6 Å². The number of amides is 1. The minimum Gasteiger partial charge on any atom is -0.497 e. The summed E-state index contributed by atoms with van der Waals surface area (Å²) in [6.45, 7) is 4.74. The van der Waals surface area contributed by atoms with Crippen LogP contribution in [0.5, 0.6) is 5.75 Å². The number of methoxy groups -OCH3 is 1. The van der Waals surface area contributed by atoms with Crippen LogP contribution in [0.15, 0.2) is 48.5 Å². The third kappa shape index (κ3) is 6.77. The highest BCUT2D eigenvalue weighted by molar-refractivity contribution is 7.88. The second-order valence-electron chi connectivity index (χ2n) is 8.98. The van der Waals surface area contributed by atoms with E-state index in [9.17, 15) is 17.6 Å². The molecule has 0 saturated carbocycles. The normalized spacial score (nSPS) is 16.5. The minimum atomic E-state index is -3.65. The van der Waals surface area contributed by atoms with Crippen molar-refractivity contribution in [2.24, 2.45) is 11.8 Å². The minimum absolute atomic E-state index is 0.0531. The van der Waals surface area contributed by atoms with Crippen LogP contribution in [0.25, 0.3) is 0 Å². The van der Waals surface area contributed by atoms with E-state index < -0.39 is 15.8 Å². The van der Waals surface area contributed by atoms with Gasteiger partial charge in [-0.1, -0.05) is 44.2 Å². The summed E-state index contributed by atoms with van der Waals surface area (Å²) in [6.07, 6.45) is 1.69. The summed E-state index contributed by atoms with van der Waals surface area (Å²) in [7, 11) is -2.03. The maximum Gasteiger partial charge on any atom is 0.223 e. The first-order chi connectivity index (χ1) is 15.7. The number of nitrogens with zero attached hydrogens (tertiary/aromatic N) is 1. The Morgan fingerprint density at radius 3 is 2.33 bits per heavy atom. The van der Waals surface area contributed by atoms with E-state index in [1.807, 2.05) is 24.3 Å². The molecule has 1 aliphatic rings. The van der Waals surface area contributed by atoms with Crippen molar-refractivity contribution in [2.75, 3.05) is 20.2 Å². The number of hydrogen-bond acceptors (Lipinski definition) is 4. The SMILES string of the molecule is COc1ccc([C@@H](CC(C)C)NC(=O)C2CCN(S(=O)(=O)Cc3ccccc3F)CC2)cc1. The van der Waals surface area contributed by atoms with Gasteiger partial charge in [0.05, 0.1) is 18.9 Å². The van der Waals surface area contributed by atoms with Crippen LogP contribution in [-0.2, 0) is 20.6 Å². The van der Waals surface area contributed by atoms with Crippen LogP contribution in [0.2, 0.25) is 0 Å². The van der Waals surface area contributed by atoms with Crippen molar-refractivity contribution in [2.45, 2.75) is 44.9 Å². The number of piperidine rings is 1. The molecule has 1 aliphatic heterocycles. The lowest BCUT2D eigenvalue weighted by atomic mass is 9.93. The van der Waals surface area contributed by atoms with Crippen LogP contribution in [0, 0.1) is 17.7 Å². The van der Waals surface area contributed by atoms with Crippen molar-refractivity contribution in [3.8, 4) is 5.75 Å². The molecule has 2 aromatic rings. The van der Waals surface area contributed by atoms with Gasteiger partial charge in [-0.15, -0.1) is 0 Å². The summed E-state index contributed by atoms with van der Waals surface area (Å²) in [6, 6.07) is 13.5. The molecule has 1 saturated heterocycles. The molecule has 0 aliphatic carbocycles. The fourth-order valence-electron chi connectivity index (χ4n) is 4.17. The Kier molecular flexibility index (Phi) is 8.48. The third-order valence-electron chi connectivity index (χ3n) is 6.06. The van der Waals surface area contributed by atoms with E-state index in [1.54, 1.807) is 13.2 Å². The molecular formula is C25H33FN2O4S. The molecule has 0 unspecified atom stereocenters. The number of halogens is 1. The Labute approximate surface area is 196 Å². The number of rotatable bonds is 9. The van der Waals surface area contributed by atoms with Crippen molar-refractivity contribution in [1.82, 2.24) is 9.62 Å². The number of sulfonamides is 1. The Morgan fingerprint density at radius 1 is 1.12 bits per heavy atom. The van der Waals surface area contributed by atoms with E-state index in [0.29, 0.717) is 18.8 Å². The molecule has 0 aromatic heterocycles. The first-order valence-electron chi connectivity index (χ1n) is 11.3. The molecular weight excluding hydrogens is 443 g/mol. The highest BCUT2D eigenvalue weighted by Crippen LogP contribution is 2.27. The Hall–Kier alpha value is -2.45. The molecule has 1 fully saturated rings. The van der Waals surface area contributed by atoms with Crippen molar-refractivity contribution in [3.63, 3.8) is 0 Å². The lowest BCUT2D eigenvalue weighted by molar-refractivity contribution is -0.127. The molecule has 1 N–H and O–H groups in total. The summed E-state index contributed by atoms with van der Waals surface area (Å²) in [5.74, 6) is -0.0459. The van der Waals surface area contributed by atoms with Gasteiger partial charge >= 0.3 is 0 Å². The molecule has 6 nitrogen and oxygen atoms in total. The summed E-state index contributed by atoms with van der Waals surface area (Å²) >= 11 is 0. The van der Waals surface area contributed by atoms with E-state index in [1.165, 1.54) is 22.5 Å². The third-order valence-corrected chi connectivity index (χ3v) is 7.88. The largest absolute Gasteiger partial charge is 0.497 e. The van der Waals surface area contributed by atoms with Crippen LogP contribution >= 0.6 is 0 Å². The van der Waals surface area contributed by atoms with Crippen LogP contribution in [0.1, 0.15) is 50.3 Å². The quantitative estimate of drug-likeness (QED) is 0.586. The van der Waals surface area contributed by atoms with E-state index in [4.69, 9.17) is 4.74 Å². The van der Waals surface area contributed by atoms with Gasteiger partial charge < -0.3 is 10.1 Å². The Bertz CT molecular complexity index is 1030. The molecule has 8 heteroatoms. The predicted molar refractivity (Wildman–Crippen MR) is 127 cm³/mol. The van der Waals surface area contributed by atoms with Gasteiger partial charge in [-0.3, -0.25) is 4.79 Å². The fourth-order valence-corrected chi connectivity index (χ4v) is 5.75. The Balaban J connectivity index is 1.60. The zero-order valence-electron chi connectivity index (χ0n) is 19.5. The first-order valence-corrected chi connectivity index (χ1v) is 13.0. The summed E-state index contributed by atoms with van der Waals surface area (Å²) < 4.78 is 46.0. The van der Waals surface area contributed by atoms with E-state index in [-0.39, 0.29) is 42.3 Å². The average Bonchev–Trinajstić information content (AvgIpc) is 2.80. The summed E-state index contributed by atoms with van der Waals surface area (Å²) in [5.41, 5.74) is 1.18. The number of nitrogens with one attached hydrogen (secondary N) is 1.